The van der Waals surface area contributed by atoms with Crippen molar-refractivity contribution in [3.8, 4) is 0 Å². The van der Waals surface area contributed by atoms with Gasteiger partial charge >= 0.3 is 5.97 Å². The SMILES string of the molecule is CCC1(C(=O)O)CCCN1Cc1c[nH]c2cc(Cl)ccc12. The van der Waals surface area contributed by atoms with Crippen LogP contribution in [0.25, 0.3) is 10.9 Å². The van der Waals surface area contributed by atoms with Crippen LogP contribution in [0.3, 0.4) is 0 Å². The monoisotopic (exact) mass is 306 g/mol. The number of halogens is 1. The second-order valence-corrected chi connectivity index (χ2v) is 6.16. The Bertz CT molecular complexity index is 682. The molecule has 1 aromatic carbocycles. The van der Waals surface area contributed by atoms with Gasteiger partial charge in [0.2, 0.25) is 0 Å². The Morgan fingerprint density at radius 2 is 2.33 bits per heavy atom. The third-order valence-electron chi connectivity index (χ3n) is 4.70. The van der Waals surface area contributed by atoms with Crippen LogP contribution in [0.1, 0.15) is 31.7 Å². The molecular weight excluding hydrogens is 288 g/mol. The molecule has 0 saturated carbocycles. The number of H-pyrrole nitrogens is 1. The fourth-order valence-corrected chi connectivity index (χ4v) is 3.63. The van der Waals surface area contributed by atoms with Crippen molar-refractivity contribution in [1.29, 1.82) is 0 Å². The molecule has 0 spiro atoms. The van der Waals surface area contributed by atoms with Crippen LogP contribution < -0.4 is 0 Å². The Hall–Kier alpha value is -1.52. The maximum atomic E-state index is 11.7. The standard InChI is InChI=1S/C16H19ClN2O2/c1-2-16(15(20)21)6-3-7-19(16)10-11-9-18-14-8-12(17)4-5-13(11)14/h4-5,8-9,18H,2-3,6-7,10H2,1H3,(H,20,21). The molecule has 1 atom stereocenters. The Morgan fingerprint density at radius 3 is 3.05 bits per heavy atom. The lowest BCUT2D eigenvalue weighted by molar-refractivity contribution is -0.150. The first-order chi connectivity index (χ1) is 10.1. The van der Waals surface area contributed by atoms with Crippen molar-refractivity contribution in [3.05, 3.63) is 35.0 Å². The zero-order valence-electron chi connectivity index (χ0n) is 12.0. The number of likely N-dealkylation sites (tertiary alicyclic amines) is 1. The number of aliphatic carboxylic acids is 1. The zero-order chi connectivity index (χ0) is 15.0. The van der Waals surface area contributed by atoms with Crippen LogP contribution in [0, 0.1) is 0 Å². The molecule has 4 nitrogen and oxygen atoms in total. The van der Waals surface area contributed by atoms with E-state index < -0.39 is 11.5 Å². The van der Waals surface area contributed by atoms with Gasteiger partial charge in [-0.25, -0.2) is 0 Å². The fraction of sp³-hybridized carbons (Fsp3) is 0.438. The van der Waals surface area contributed by atoms with E-state index >= 15 is 0 Å². The highest BCUT2D eigenvalue weighted by Crippen LogP contribution is 2.35. The molecule has 21 heavy (non-hydrogen) atoms. The van der Waals surface area contributed by atoms with Gasteiger partial charge in [0.1, 0.15) is 5.54 Å². The van der Waals surface area contributed by atoms with Gasteiger partial charge in [-0.3, -0.25) is 9.69 Å². The largest absolute Gasteiger partial charge is 0.480 e. The summed E-state index contributed by atoms with van der Waals surface area (Å²) in [4.78, 5) is 17.1. The van der Waals surface area contributed by atoms with E-state index in [1.165, 1.54) is 0 Å². The second kappa shape index (κ2) is 5.35. The third-order valence-corrected chi connectivity index (χ3v) is 4.93. The van der Waals surface area contributed by atoms with Gasteiger partial charge < -0.3 is 10.1 Å². The summed E-state index contributed by atoms with van der Waals surface area (Å²) in [7, 11) is 0. The molecule has 5 heteroatoms. The van der Waals surface area contributed by atoms with Crippen LogP contribution in [0.5, 0.6) is 0 Å². The van der Waals surface area contributed by atoms with Crippen molar-refractivity contribution in [2.45, 2.75) is 38.3 Å². The van der Waals surface area contributed by atoms with Crippen molar-refractivity contribution in [3.63, 3.8) is 0 Å². The van der Waals surface area contributed by atoms with Gasteiger partial charge in [-0.05, 0) is 43.5 Å². The third kappa shape index (κ3) is 2.32. The molecule has 1 aromatic heterocycles. The van der Waals surface area contributed by atoms with Crippen LogP contribution in [-0.2, 0) is 11.3 Å². The highest BCUT2D eigenvalue weighted by Gasteiger charge is 2.46. The van der Waals surface area contributed by atoms with Gasteiger partial charge in [-0.2, -0.15) is 0 Å². The van der Waals surface area contributed by atoms with Crippen LogP contribution in [0.4, 0.5) is 0 Å². The van der Waals surface area contributed by atoms with E-state index in [9.17, 15) is 9.90 Å². The minimum atomic E-state index is -0.712. The molecule has 0 amide bonds. The smallest absolute Gasteiger partial charge is 0.324 e. The molecule has 1 saturated heterocycles. The number of aromatic nitrogens is 1. The highest BCUT2D eigenvalue weighted by atomic mass is 35.5. The average molecular weight is 307 g/mol. The normalized spacial score (nSPS) is 23.0. The Labute approximate surface area is 128 Å². The molecule has 1 fully saturated rings. The number of hydrogen-bond donors (Lipinski definition) is 2. The lowest BCUT2D eigenvalue weighted by Gasteiger charge is -2.33. The summed E-state index contributed by atoms with van der Waals surface area (Å²) in [5.74, 6) is -0.703. The number of carboxylic acids is 1. The molecule has 0 aliphatic carbocycles. The fourth-order valence-electron chi connectivity index (χ4n) is 3.45. The van der Waals surface area contributed by atoms with Crippen LogP contribution in [-0.4, -0.2) is 33.0 Å². The predicted octanol–water partition coefficient (Wildman–Crippen LogP) is 3.65. The molecule has 112 valence electrons. The highest BCUT2D eigenvalue weighted by molar-refractivity contribution is 6.31. The Kier molecular flexibility index (Phi) is 3.68. The first-order valence-corrected chi connectivity index (χ1v) is 7.68. The first kappa shape index (κ1) is 14.4. The summed E-state index contributed by atoms with van der Waals surface area (Å²) >= 11 is 6.00. The lowest BCUT2D eigenvalue weighted by Crippen LogP contribution is -2.49. The molecule has 3 rings (SSSR count). The number of nitrogens with zero attached hydrogens (tertiary/aromatic N) is 1. The summed E-state index contributed by atoms with van der Waals surface area (Å²) in [5.41, 5.74) is 1.41. The minimum Gasteiger partial charge on any atom is -0.480 e. The first-order valence-electron chi connectivity index (χ1n) is 7.31. The quantitative estimate of drug-likeness (QED) is 0.906. The van der Waals surface area contributed by atoms with Crippen molar-refractivity contribution >= 4 is 28.5 Å². The van der Waals surface area contributed by atoms with Gasteiger partial charge in [-0.1, -0.05) is 24.6 Å². The molecule has 1 aliphatic rings. The Morgan fingerprint density at radius 1 is 1.52 bits per heavy atom. The minimum absolute atomic E-state index is 0.635. The number of benzene rings is 1. The van der Waals surface area contributed by atoms with Crippen molar-refractivity contribution < 1.29 is 9.90 Å². The van der Waals surface area contributed by atoms with E-state index in [-0.39, 0.29) is 0 Å². The number of nitrogens with one attached hydrogen (secondary N) is 1. The molecular formula is C16H19ClN2O2. The van der Waals surface area contributed by atoms with E-state index in [4.69, 9.17) is 11.6 Å². The molecule has 0 bridgehead atoms. The zero-order valence-corrected chi connectivity index (χ0v) is 12.8. The molecule has 1 unspecified atom stereocenters. The lowest BCUT2D eigenvalue weighted by atomic mass is 9.92. The molecule has 2 aromatic rings. The van der Waals surface area contributed by atoms with Gasteiger partial charge in [0.15, 0.2) is 0 Å². The van der Waals surface area contributed by atoms with Gasteiger partial charge in [-0.15, -0.1) is 0 Å². The average Bonchev–Trinajstić information content (AvgIpc) is 3.04. The summed E-state index contributed by atoms with van der Waals surface area (Å²) in [6.45, 7) is 3.45. The van der Waals surface area contributed by atoms with Gasteiger partial charge in [0.25, 0.3) is 0 Å². The summed E-state index contributed by atoms with van der Waals surface area (Å²) in [6.07, 6.45) is 4.26. The predicted molar refractivity (Wildman–Crippen MR) is 83.6 cm³/mol. The summed E-state index contributed by atoms with van der Waals surface area (Å²) in [6, 6.07) is 5.76. The molecule has 2 N–H and O–H groups in total. The number of rotatable bonds is 4. The molecule has 2 heterocycles. The number of carboxylic acid groups (broad SMARTS) is 1. The topological polar surface area (TPSA) is 56.3 Å². The van der Waals surface area contributed by atoms with Crippen molar-refractivity contribution in [2.75, 3.05) is 6.54 Å². The van der Waals surface area contributed by atoms with E-state index in [0.29, 0.717) is 18.0 Å². The van der Waals surface area contributed by atoms with Crippen LogP contribution in [0.2, 0.25) is 5.02 Å². The Balaban J connectivity index is 1.93. The maximum absolute atomic E-state index is 11.7. The van der Waals surface area contributed by atoms with E-state index in [1.807, 2.05) is 31.3 Å². The summed E-state index contributed by atoms with van der Waals surface area (Å²) < 4.78 is 0. The van der Waals surface area contributed by atoms with Crippen molar-refractivity contribution in [1.82, 2.24) is 9.88 Å². The molecule has 1 aliphatic heterocycles. The van der Waals surface area contributed by atoms with Crippen molar-refractivity contribution in [2.24, 2.45) is 0 Å². The number of aromatic amines is 1. The van der Waals surface area contributed by atoms with E-state index in [1.54, 1.807) is 0 Å². The van der Waals surface area contributed by atoms with E-state index in [2.05, 4.69) is 9.88 Å². The maximum Gasteiger partial charge on any atom is 0.324 e. The van der Waals surface area contributed by atoms with Gasteiger partial charge in [0, 0.05) is 28.7 Å². The molecule has 0 radical (unpaired) electrons. The summed E-state index contributed by atoms with van der Waals surface area (Å²) in [5, 5.41) is 11.5. The number of hydrogen-bond acceptors (Lipinski definition) is 2. The van der Waals surface area contributed by atoms with Gasteiger partial charge in [0.05, 0.1) is 0 Å². The van der Waals surface area contributed by atoms with Crippen LogP contribution in [0.15, 0.2) is 24.4 Å². The van der Waals surface area contributed by atoms with Crippen LogP contribution >= 0.6 is 11.6 Å². The second-order valence-electron chi connectivity index (χ2n) is 5.72. The van der Waals surface area contributed by atoms with E-state index in [0.717, 1.165) is 35.9 Å². The number of fused-ring (bicyclic) bond motifs is 1. The number of carbonyl (C=O) groups is 1.